The molecule has 4 rings (SSSR count). The van der Waals surface area contributed by atoms with Gasteiger partial charge in [0.05, 0.1) is 18.5 Å². The number of ether oxygens (including phenoxy) is 2. The fraction of sp³-hybridized carbons (Fsp3) is 0.320. The molecule has 0 saturated carbocycles. The molecule has 1 aliphatic heterocycles. The van der Waals surface area contributed by atoms with Crippen molar-refractivity contribution in [2.45, 2.75) is 32.2 Å². The van der Waals surface area contributed by atoms with E-state index in [4.69, 9.17) is 9.47 Å². The molecule has 0 aliphatic carbocycles. The number of esters is 1. The Balaban J connectivity index is 1.40. The van der Waals surface area contributed by atoms with Crippen LogP contribution in [0.4, 0.5) is 10.1 Å². The van der Waals surface area contributed by atoms with Gasteiger partial charge in [-0.2, -0.15) is 0 Å². The number of hydrogen-bond donors (Lipinski definition) is 2. The Morgan fingerprint density at radius 2 is 1.94 bits per heavy atom. The third-order valence-electron chi connectivity index (χ3n) is 5.70. The number of rotatable bonds is 6. The number of amides is 1. The molecule has 0 unspecified atom stereocenters. The number of nitrogens with one attached hydrogen (secondary N) is 2. The summed E-state index contributed by atoms with van der Waals surface area (Å²) in [6.45, 7) is 2.35. The van der Waals surface area contributed by atoms with E-state index in [-0.39, 0.29) is 13.0 Å². The molecule has 172 valence electrons. The average molecular weight is 451 g/mol. The first-order valence-corrected chi connectivity index (χ1v) is 10.8. The van der Waals surface area contributed by atoms with Crippen LogP contribution in [-0.4, -0.2) is 42.7 Å². The van der Waals surface area contributed by atoms with Gasteiger partial charge >= 0.3 is 5.97 Å². The number of piperidine rings is 1. The Labute approximate surface area is 191 Å². The number of carbonyl (C=O) groups is 2. The van der Waals surface area contributed by atoms with Gasteiger partial charge in [0.25, 0.3) is 0 Å². The number of aryl methyl sites for hydroxylation is 1. The predicted octanol–water partition coefficient (Wildman–Crippen LogP) is 3.55. The van der Waals surface area contributed by atoms with Crippen molar-refractivity contribution in [2.24, 2.45) is 5.92 Å². The number of nitrogens with zero attached hydrogens (tertiary/aromatic N) is 1. The van der Waals surface area contributed by atoms with E-state index in [2.05, 4.69) is 15.6 Å². The monoisotopic (exact) mass is 451 g/mol. The fourth-order valence-electron chi connectivity index (χ4n) is 4.08. The van der Waals surface area contributed by atoms with Crippen LogP contribution in [0.3, 0.4) is 0 Å². The molecule has 2 heterocycles. The lowest BCUT2D eigenvalue weighted by atomic mass is 9.89. The lowest BCUT2D eigenvalue weighted by Gasteiger charge is -2.31. The van der Waals surface area contributed by atoms with Crippen LogP contribution in [0, 0.1) is 12.8 Å². The van der Waals surface area contributed by atoms with Gasteiger partial charge in [-0.05, 0) is 49.7 Å². The summed E-state index contributed by atoms with van der Waals surface area (Å²) in [6.07, 6.45) is -1.25. The molecule has 1 aromatic heterocycles. The summed E-state index contributed by atoms with van der Waals surface area (Å²) in [5.41, 5.74) is 3.44. The normalized spacial score (nSPS) is 20.3. The van der Waals surface area contributed by atoms with Crippen molar-refractivity contribution >= 4 is 28.5 Å². The summed E-state index contributed by atoms with van der Waals surface area (Å²) >= 11 is 0. The van der Waals surface area contributed by atoms with E-state index in [1.165, 1.54) is 7.11 Å². The van der Waals surface area contributed by atoms with Crippen molar-refractivity contribution < 1.29 is 23.5 Å². The van der Waals surface area contributed by atoms with E-state index in [1.807, 2.05) is 37.3 Å². The van der Waals surface area contributed by atoms with Crippen LogP contribution in [0.5, 0.6) is 5.75 Å². The maximum atomic E-state index is 13.7. The van der Waals surface area contributed by atoms with Gasteiger partial charge in [-0.15, -0.1) is 0 Å². The number of benzene rings is 2. The third-order valence-corrected chi connectivity index (χ3v) is 5.70. The standard InChI is InChI=1S/C25H26FN3O4/c1-15-11-16(20-5-3-4-6-22(20)28-15)14-33-19-9-7-18(8-10-19)29-24(30)23-21(25(31)32-2)12-17(26)13-27-23/h3-11,17,21,23,27H,12-14H2,1-2H3,(H,29,30)/t17-,21+,23+/m1/s1. The van der Waals surface area contributed by atoms with Gasteiger partial charge in [0, 0.05) is 28.9 Å². The lowest BCUT2D eigenvalue weighted by molar-refractivity contribution is -0.150. The number of anilines is 1. The van der Waals surface area contributed by atoms with E-state index < -0.39 is 30.0 Å². The summed E-state index contributed by atoms with van der Waals surface area (Å²) < 4.78 is 24.4. The quantitative estimate of drug-likeness (QED) is 0.557. The molecule has 0 spiro atoms. The second kappa shape index (κ2) is 9.95. The smallest absolute Gasteiger partial charge is 0.310 e. The predicted molar refractivity (Wildman–Crippen MR) is 123 cm³/mol. The first-order valence-electron chi connectivity index (χ1n) is 10.8. The van der Waals surface area contributed by atoms with E-state index in [1.54, 1.807) is 24.3 Å². The number of aromatic nitrogens is 1. The molecule has 7 nitrogen and oxygen atoms in total. The number of fused-ring (bicyclic) bond motifs is 1. The van der Waals surface area contributed by atoms with Gasteiger partial charge in [-0.3, -0.25) is 14.6 Å². The highest BCUT2D eigenvalue weighted by atomic mass is 19.1. The van der Waals surface area contributed by atoms with Gasteiger partial charge in [0.15, 0.2) is 0 Å². The number of para-hydroxylation sites is 1. The van der Waals surface area contributed by atoms with E-state index in [0.29, 0.717) is 18.0 Å². The highest BCUT2D eigenvalue weighted by Gasteiger charge is 2.40. The Bertz CT molecular complexity index is 1150. The molecule has 2 N–H and O–H groups in total. The number of methoxy groups -OCH3 is 1. The highest BCUT2D eigenvalue weighted by Crippen LogP contribution is 2.24. The Morgan fingerprint density at radius 1 is 1.18 bits per heavy atom. The molecular weight excluding hydrogens is 425 g/mol. The Morgan fingerprint density at radius 3 is 2.70 bits per heavy atom. The molecule has 1 aliphatic rings. The molecule has 33 heavy (non-hydrogen) atoms. The van der Waals surface area contributed by atoms with E-state index >= 15 is 0 Å². The molecule has 2 aromatic carbocycles. The molecule has 3 aromatic rings. The van der Waals surface area contributed by atoms with Gasteiger partial charge in [-0.1, -0.05) is 18.2 Å². The van der Waals surface area contributed by atoms with Crippen molar-refractivity contribution in [3.8, 4) is 5.75 Å². The second-order valence-corrected chi connectivity index (χ2v) is 8.09. The lowest BCUT2D eigenvalue weighted by Crippen LogP contribution is -2.55. The summed E-state index contributed by atoms with van der Waals surface area (Å²) in [5.74, 6) is -1.24. The number of carbonyl (C=O) groups excluding carboxylic acids is 2. The summed E-state index contributed by atoms with van der Waals surface area (Å²) in [5, 5.41) is 6.62. The number of halogens is 1. The molecule has 0 bridgehead atoms. The van der Waals surface area contributed by atoms with E-state index in [9.17, 15) is 14.0 Å². The van der Waals surface area contributed by atoms with Crippen LogP contribution >= 0.6 is 0 Å². The van der Waals surface area contributed by atoms with Gasteiger partial charge in [0.1, 0.15) is 24.6 Å². The van der Waals surface area contributed by atoms with Crippen LogP contribution in [-0.2, 0) is 20.9 Å². The average Bonchev–Trinajstić information content (AvgIpc) is 2.82. The zero-order chi connectivity index (χ0) is 23.4. The second-order valence-electron chi connectivity index (χ2n) is 8.09. The molecule has 3 atom stereocenters. The summed E-state index contributed by atoms with van der Waals surface area (Å²) in [4.78, 5) is 29.2. The molecular formula is C25H26FN3O4. The van der Waals surface area contributed by atoms with Crippen LogP contribution in [0.25, 0.3) is 10.9 Å². The first-order chi connectivity index (χ1) is 15.9. The number of pyridine rings is 1. The maximum absolute atomic E-state index is 13.7. The van der Waals surface area contributed by atoms with Crippen LogP contribution in [0.2, 0.25) is 0 Å². The third kappa shape index (κ3) is 5.28. The van der Waals surface area contributed by atoms with Crippen molar-refractivity contribution in [3.63, 3.8) is 0 Å². The first kappa shape index (κ1) is 22.7. The highest BCUT2D eigenvalue weighted by molar-refractivity contribution is 5.98. The zero-order valence-electron chi connectivity index (χ0n) is 18.5. The SMILES string of the molecule is COC(=O)[C@H]1C[C@@H](F)CN[C@@H]1C(=O)Nc1ccc(OCc2cc(C)nc3ccccc23)cc1. The van der Waals surface area contributed by atoms with Crippen molar-refractivity contribution in [2.75, 3.05) is 19.0 Å². The van der Waals surface area contributed by atoms with E-state index in [0.717, 1.165) is 22.2 Å². The number of alkyl halides is 1. The fourth-order valence-corrected chi connectivity index (χ4v) is 4.08. The summed E-state index contributed by atoms with van der Waals surface area (Å²) in [6, 6.07) is 16.0. The largest absolute Gasteiger partial charge is 0.489 e. The van der Waals surface area contributed by atoms with Gasteiger partial charge in [0.2, 0.25) is 5.91 Å². The summed E-state index contributed by atoms with van der Waals surface area (Å²) in [7, 11) is 1.23. The molecule has 1 amide bonds. The Hall–Kier alpha value is -3.52. The van der Waals surface area contributed by atoms with Crippen LogP contribution < -0.4 is 15.4 Å². The maximum Gasteiger partial charge on any atom is 0.310 e. The Kier molecular flexibility index (Phi) is 6.84. The molecule has 1 saturated heterocycles. The van der Waals surface area contributed by atoms with Crippen molar-refractivity contribution in [1.82, 2.24) is 10.3 Å². The molecule has 8 heteroatoms. The van der Waals surface area contributed by atoms with Crippen LogP contribution in [0.15, 0.2) is 54.6 Å². The molecule has 1 fully saturated rings. The minimum absolute atomic E-state index is 0.0154. The van der Waals surface area contributed by atoms with Crippen LogP contribution in [0.1, 0.15) is 17.7 Å². The van der Waals surface area contributed by atoms with Crippen molar-refractivity contribution in [1.29, 1.82) is 0 Å². The minimum atomic E-state index is -1.20. The van der Waals surface area contributed by atoms with Gasteiger partial charge < -0.3 is 20.1 Å². The molecule has 0 radical (unpaired) electrons. The minimum Gasteiger partial charge on any atom is -0.489 e. The topological polar surface area (TPSA) is 89.5 Å². The van der Waals surface area contributed by atoms with Gasteiger partial charge in [-0.25, -0.2) is 4.39 Å². The van der Waals surface area contributed by atoms with Crippen molar-refractivity contribution in [3.05, 3.63) is 65.9 Å². The zero-order valence-corrected chi connectivity index (χ0v) is 18.5. The number of hydrogen-bond acceptors (Lipinski definition) is 6.